The molecule has 3 aromatic rings. The highest BCUT2D eigenvalue weighted by atomic mass is 19.1. The number of benzene rings is 2. The smallest absolute Gasteiger partial charge is 0.306 e. The van der Waals surface area contributed by atoms with Gasteiger partial charge in [0.2, 0.25) is 0 Å². The molecule has 0 aliphatic heterocycles. The van der Waals surface area contributed by atoms with Crippen LogP contribution in [0, 0.1) is 17.5 Å². The third-order valence-corrected chi connectivity index (χ3v) is 5.83. The maximum atomic E-state index is 15.2. The fraction of sp³-hybridized carbons (Fsp3) is 0.385. The number of unbranched alkanes of at least 4 members (excludes halogenated alkanes) is 6. The normalized spacial score (nSPS) is 11.2. The van der Waals surface area contributed by atoms with Crippen molar-refractivity contribution < 1.29 is 27.1 Å². The van der Waals surface area contributed by atoms with Crippen LogP contribution in [-0.4, -0.2) is 5.97 Å². The Morgan fingerprint density at radius 3 is 2.34 bits per heavy atom. The second-order valence-corrected chi connectivity index (χ2v) is 8.47. The lowest BCUT2D eigenvalue weighted by molar-refractivity contribution is -0.145. The highest BCUT2D eigenvalue weighted by Gasteiger charge is 2.24. The Labute approximate surface area is 201 Å². The largest absolute Gasteiger partial charge is 0.461 e. The molecule has 3 rings (SSSR count). The first kappa shape index (κ1) is 26.1. The first-order valence-corrected chi connectivity index (χ1v) is 11.7. The second-order valence-electron chi connectivity index (χ2n) is 8.47. The molecule has 0 atom stereocenters. The van der Waals surface area contributed by atoms with E-state index in [1.165, 1.54) is 18.6 Å². The van der Waals surface area contributed by atoms with Gasteiger partial charge in [0.15, 0.2) is 22.6 Å². The molecule has 4 N–H and O–H groups in total. The van der Waals surface area contributed by atoms with E-state index in [2.05, 4.69) is 6.92 Å². The zero-order valence-electron chi connectivity index (χ0n) is 19.6. The summed E-state index contributed by atoms with van der Waals surface area (Å²) in [7, 11) is 0. The molecule has 35 heavy (non-hydrogen) atoms. The Hall–Kier alpha value is -3.49. The SMILES string of the molecule is CCCCCCCCCC(=O)OCc1c(F)c(N)c2c(=O)cc(-c3ccc(N)c(F)c3)oc2c1F. The summed E-state index contributed by atoms with van der Waals surface area (Å²) in [6.07, 6.45) is 7.23. The first-order valence-electron chi connectivity index (χ1n) is 11.7. The van der Waals surface area contributed by atoms with E-state index >= 15 is 4.39 Å². The summed E-state index contributed by atoms with van der Waals surface area (Å²) in [5, 5.41) is -0.488. The van der Waals surface area contributed by atoms with Gasteiger partial charge in [-0.2, -0.15) is 0 Å². The minimum Gasteiger partial charge on any atom is -0.461 e. The van der Waals surface area contributed by atoms with E-state index in [4.69, 9.17) is 20.6 Å². The van der Waals surface area contributed by atoms with Crippen molar-refractivity contribution in [3.8, 4) is 11.3 Å². The van der Waals surface area contributed by atoms with Crippen molar-refractivity contribution in [2.75, 3.05) is 11.5 Å². The summed E-state index contributed by atoms with van der Waals surface area (Å²) in [4.78, 5) is 24.6. The van der Waals surface area contributed by atoms with Gasteiger partial charge in [0, 0.05) is 18.1 Å². The van der Waals surface area contributed by atoms with Gasteiger partial charge >= 0.3 is 5.97 Å². The van der Waals surface area contributed by atoms with Gasteiger partial charge in [-0.15, -0.1) is 0 Å². The number of carbonyl (C=O) groups excluding carboxylic acids is 1. The minimum absolute atomic E-state index is 0.116. The molecule has 188 valence electrons. The van der Waals surface area contributed by atoms with Crippen molar-refractivity contribution in [3.63, 3.8) is 0 Å². The summed E-state index contributed by atoms with van der Waals surface area (Å²) < 4.78 is 54.4. The number of hydrogen-bond acceptors (Lipinski definition) is 6. The summed E-state index contributed by atoms with van der Waals surface area (Å²) >= 11 is 0. The molecule has 0 unspecified atom stereocenters. The van der Waals surface area contributed by atoms with Crippen molar-refractivity contribution in [1.82, 2.24) is 0 Å². The van der Waals surface area contributed by atoms with Crippen LogP contribution in [0.2, 0.25) is 0 Å². The van der Waals surface area contributed by atoms with Crippen molar-refractivity contribution in [2.45, 2.75) is 64.9 Å². The van der Waals surface area contributed by atoms with Gasteiger partial charge in [0.1, 0.15) is 18.2 Å². The van der Waals surface area contributed by atoms with Gasteiger partial charge in [0.05, 0.1) is 22.3 Å². The first-order chi connectivity index (χ1) is 16.7. The highest BCUT2D eigenvalue weighted by molar-refractivity contribution is 5.91. The van der Waals surface area contributed by atoms with E-state index in [1.54, 1.807) is 0 Å². The topological polar surface area (TPSA) is 109 Å². The Bertz CT molecular complexity index is 1270. The average Bonchev–Trinajstić information content (AvgIpc) is 2.83. The molecule has 0 spiro atoms. The molecular weight excluding hydrogens is 461 g/mol. The van der Waals surface area contributed by atoms with E-state index in [9.17, 15) is 18.4 Å². The van der Waals surface area contributed by atoms with Gasteiger partial charge in [-0.1, -0.05) is 45.4 Å². The fourth-order valence-electron chi connectivity index (χ4n) is 3.81. The molecule has 0 aliphatic carbocycles. The number of ether oxygens (including phenoxy) is 1. The number of anilines is 2. The average molecular weight is 491 g/mol. The minimum atomic E-state index is -1.22. The van der Waals surface area contributed by atoms with E-state index in [0.29, 0.717) is 6.42 Å². The number of hydrogen-bond donors (Lipinski definition) is 2. The molecule has 6 nitrogen and oxygen atoms in total. The molecule has 0 amide bonds. The number of halogens is 3. The summed E-state index contributed by atoms with van der Waals surface area (Å²) in [5.74, 6) is -3.92. The van der Waals surface area contributed by atoms with Gasteiger partial charge in [-0.3, -0.25) is 9.59 Å². The molecule has 0 bridgehead atoms. The standard InChI is InChI=1S/C26H29F3N2O4/c1-2-3-4-5-6-7-8-9-21(33)34-14-16-23(28)25(31)22-19(32)13-20(35-26(22)24(16)29)15-10-11-18(30)17(27)12-15/h10-13H,2-9,14,30-31H2,1H3. The van der Waals surface area contributed by atoms with Crippen LogP contribution < -0.4 is 16.9 Å². The predicted octanol–water partition coefficient (Wildman–Crippen LogP) is 6.23. The number of nitrogens with two attached hydrogens (primary N) is 2. The Balaban J connectivity index is 1.78. The number of esters is 1. The van der Waals surface area contributed by atoms with Crippen LogP contribution in [0.1, 0.15) is 63.9 Å². The van der Waals surface area contributed by atoms with Gasteiger partial charge in [-0.25, -0.2) is 13.2 Å². The van der Waals surface area contributed by atoms with E-state index < -0.39 is 57.7 Å². The number of fused-ring (bicyclic) bond motifs is 1. The quantitative estimate of drug-likeness (QED) is 0.187. The maximum absolute atomic E-state index is 15.2. The van der Waals surface area contributed by atoms with Crippen LogP contribution in [-0.2, 0) is 16.1 Å². The molecule has 0 saturated heterocycles. The van der Waals surface area contributed by atoms with E-state index in [1.807, 2.05) is 0 Å². The van der Waals surface area contributed by atoms with Crippen LogP contribution >= 0.6 is 0 Å². The summed E-state index contributed by atoms with van der Waals surface area (Å²) in [5.41, 5.74) is 8.56. The van der Waals surface area contributed by atoms with Crippen molar-refractivity contribution in [1.29, 1.82) is 0 Å². The van der Waals surface area contributed by atoms with Crippen molar-refractivity contribution in [3.05, 3.63) is 57.5 Å². The molecule has 1 aromatic heterocycles. The van der Waals surface area contributed by atoms with Crippen LogP contribution in [0.3, 0.4) is 0 Å². The van der Waals surface area contributed by atoms with Crippen LogP contribution in [0.5, 0.6) is 0 Å². The number of rotatable bonds is 11. The van der Waals surface area contributed by atoms with Gasteiger partial charge in [0.25, 0.3) is 0 Å². The van der Waals surface area contributed by atoms with Crippen LogP contribution in [0.25, 0.3) is 22.3 Å². The number of nitrogen functional groups attached to an aromatic ring is 2. The Morgan fingerprint density at radius 1 is 0.971 bits per heavy atom. The second kappa shape index (κ2) is 11.8. The molecule has 2 aromatic carbocycles. The zero-order chi connectivity index (χ0) is 25.5. The fourth-order valence-corrected chi connectivity index (χ4v) is 3.81. The molecule has 0 fully saturated rings. The van der Waals surface area contributed by atoms with E-state index in [0.717, 1.165) is 44.2 Å². The molecule has 0 aliphatic rings. The van der Waals surface area contributed by atoms with Crippen LogP contribution in [0.15, 0.2) is 33.5 Å². The predicted molar refractivity (Wildman–Crippen MR) is 129 cm³/mol. The molecule has 0 radical (unpaired) electrons. The van der Waals surface area contributed by atoms with Gasteiger partial charge in [-0.05, 0) is 24.6 Å². The number of carbonyl (C=O) groups is 1. The third kappa shape index (κ3) is 6.15. The lowest BCUT2D eigenvalue weighted by Crippen LogP contribution is -2.12. The molecular formula is C26H29F3N2O4. The summed E-state index contributed by atoms with van der Waals surface area (Å²) in [6.45, 7) is 1.43. The van der Waals surface area contributed by atoms with Crippen LogP contribution in [0.4, 0.5) is 24.5 Å². The van der Waals surface area contributed by atoms with Crippen molar-refractivity contribution in [2.24, 2.45) is 0 Å². The highest BCUT2D eigenvalue weighted by Crippen LogP contribution is 2.32. The Kier molecular flexibility index (Phi) is 8.78. The molecule has 0 saturated carbocycles. The molecule has 1 heterocycles. The maximum Gasteiger partial charge on any atom is 0.306 e. The lowest BCUT2D eigenvalue weighted by atomic mass is 10.1. The lowest BCUT2D eigenvalue weighted by Gasteiger charge is -2.12. The monoisotopic (exact) mass is 490 g/mol. The van der Waals surface area contributed by atoms with E-state index in [-0.39, 0.29) is 23.4 Å². The summed E-state index contributed by atoms with van der Waals surface area (Å²) in [6, 6.07) is 4.64. The van der Waals surface area contributed by atoms with Crippen molar-refractivity contribution >= 4 is 28.3 Å². The zero-order valence-corrected chi connectivity index (χ0v) is 19.6. The Morgan fingerprint density at radius 2 is 1.66 bits per heavy atom. The molecule has 9 heteroatoms. The third-order valence-electron chi connectivity index (χ3n) is 5.83. The van der Waals surface area contributed by atoms with Gasteiger partial charge < -0.3 is 20.6 Å².